The summed E-state index contributed by atoms with van der Waals surface area (Å²) in [5, 5.41) is 9.81. The molecule has 0 heterocycles. The van der Waals surface area contributed by atoms with Crippen LogP contribution >= 0.6 is 0 Å². The lowest BCUT2D eigenvalue weighted by atomic mass is 9.88. The maximum absolute atomic E-state index is 9.81. The molecular formula is C20H26O3. The van der Waals surface area contributed by atoms with E-state index in [0.717, 1.165) is 17.5 Å². The SMILES string of the molecule is CCC(CO)(COCc1ccccc1)COCc1ccccc1. The van der Waals surface area contributed by atoms with E-state index >= 15 is 0 Å². The van der Waals surface area contributed by atoms with Gasteiger partial charge in [-0.1, -0.05) is 67.6 Å². The Labute approximate surface area is 138 Å². The summed E-state index contributed by atoms with van der Waals surface area (Å²) in [6.07, 6.45) is 0.813. The Bertz CT molecular complexity index is 488. The molecule has 0 amide bonds. The third kappa shape index (κ3) is 5.79. The summed E-state index contributed by atoms with van der Waals surface area (Å²) in [5.74, 6) is 0. The second-order valence-electron chi connectivity index (χ2n) is 5.97. The predicted octanol–water partition coefficient (Wildman–Crippen LogP) is 3.81. The van der Waals surface area contributed by atoms with Crippen LogP contribution in [0.15, 0.2) is 60.7 Å². The van der Waals surface area contributed by atoms with Crippen molar-refractivity contribution in [2.24, 2.45) is 5.41 Å². The zero-order valence-electron chi connectivity index (χ0n) is 13.8. The number of aliphatic hydroxyl groups excluding tert-OH is 1. The normalized spacial score (nSPS) is 11.6. The zero-order chi connectivity index (χ0) is 16.4. The summed E-state index contributed by atoms with van der Waals surface area (Å²) in [4.78, 5) is 0. The molecule has 3 nitrogen and oxygen atoms in total. The Morgan fingerprint density at radius 3 is 1.57 bits per heavy atom. The zero-order valence-corrected chi connectivity index (χ0v) is 13.8. The standard InChI is InChI=1S/C20H26O3/c1-2-20(15-21,16-22-13-18-9-5-3-6-10-18)17-23-14-19-11-7-4-8-12-19/h3-12,21H,2,13-17H2,1H3. The minimum atomic E-state index is -0.344. The molecule has 2 rings (SSSR count). The van der Waals surface area contributed by atoms with Crippen LogP contribution in [0.1, 0.15) is 24.5 Å². The summed E-state index contributed by atoms with van der Waals surface area (Å²) in [5.41, 5.74) is 1.94. The van der Waals surface area contributed by atoms with Crippen LogP contribution in [0.25, 0.3) is 0 Å². The van der Waals surface area contributed by atoms with Crippen LogP contribution in [-0.2, 0) is 22.7 Å². The molecule has 0 saturated carbocycles. The summed E-state index contributed by atoms with van der Waals surface area (Å²) < 4.78 is 11.7. The molecule has 0 aliphatic heterocycles. The second-order valence-corrected chi connectivity index (χ2v) is 5.97. The van der Waals surface area contributed by atoms with Crippen LogP contribution in [0.4, 0.5) is 0 Å². The molecule has 0 saturated heterocycles. The van der Waals surface area contributed by atoms with E-state index < -0.39 is 0 Å². The first-order valence-corrected chi connectivity index (χ1v) is 8.12. The molecule has 124 valence electrons. The van der Waals surface area contributed by atoms with Crippen molar-refractivity contribution in [3.63, 3.8) is 0 Å². The van der Waals surface area contributed by atoms with Crippen LogP contribution in [0, 0.1) is 5.41 Å². The van der Waals surface area contributed by atoms with Crippen molar-refractivity contribution in [2.75, 3.05) is 19.8 Å². The molecule has 0 atom stereocenters. The molecule has 1 N–H and O–H groups in total. The van der Waals surface area contributed by atoms with Crippen molar-refractivity contribution in [3.05, 3.63) is 71.8 Å². The van der Waals surface area contributed by atoms with Gasteiger partial charge in [0.25, 0.3) is 0 Å². The largest absolute Gasteiger partial charge is 0.396 e. The van der Waals surface area contributed by atoms with Gasteiger partial charge in [-0.15, -0.1) is 0 Å². The fourth-order valence-corrected chi connectivity index (χ4v) is 2.37. The van der Waals surface area contributed by atoms with Crippen LogP contribution < -0.4 is 0 Å². The van der Waals surface area contributed by atoms with Gasteiger partial charge in [-0.3, -0.25) is 0 Å². The van der Waals surface area contributed by atoms with Crippen molar-refractivity contribution < 1.29 is 14.6 Å². The Hall–Kier alpha value is -1.68. The lowest BCUT2D eigenvalue weighted by molar-refractivity contribution is -0.0614. The minimum Gasteiger partial charge on any atom is -0.396 e. The highest BCUT2D eigenvalue weighted by Crippen LogP contribution is 2.23. The number of aliphatic hydroxyl groups is 1. The predicted molar refractivity (Wildman–Crippen MR) is 92.0 cm³/mol. The third-order valence-corrected chi connectivity index (χ3v) is 4.13. The molecule has 2 aromatic rings. The number of ether oxygens (including phenoxy) is 2. The van der Waals surface area contributed by atoms with Gasteiger partial charge in [0.2, 0.25) is 0 Å². The molecule has 2 aromatic carbocycles. The van der Waals surface area contributed by atoms with E-state index in [0.29, 0.717) is 26.4 Å². The van der Waals surface area contributed by atoms with E-state index in [1.807, 2.05) is 60.7 Å². The molecule has 0 aliphatic carbocycles. The van der Waals surface area contributed by atoms with Crippen molar-refractivity contribution in [2.45, 2.75) is 26.6 Å². The summed E-state index contributed by atoms with van der Waals surface area (Å²) in [6.45, 7) is 4.22. The molecule has 0 bridgehead atoms. The van der Waals surface area contributed by atoms with Crippen LogP contribution in [-0.4, -0.2) is 24.9 Å². The summed E-state index contributed by atoms with van der Waals surface area (Å²) in [6, 6.07) is 20.1. The molecule has 0 aromatic heterocycles. The summed E-state index contributed by atoms with van der Waals surface area (Å²) in [7, 11) is 0. The van der Waals surface area contributed by atoms with Crippen LogP contribution in [0.2, 0.25) is 0 Å². The van der Waals surface area contributed by atoms with Gasteiger partial charge in [-0.25, -0.2) is 0 Å². The monoisotopic (exact) mass is 314 g/mol. The van der Waals surface area contributed by atoms with Crippen molar-refractivity contribution in [3.8, 4) is 0 Å². The van der Waals surface area contributed by atoms with Gasteiger partial charge in [-0.2, -0.15) is 0 Å². The summed E-state index contributed by atoms with van der Waals surface area (Å²) >= 11 is 0. The lowest BCUT2D eigenvalue weighted by Gasteiger charge is -2.30. The number of benzene rings is 2. The quantitative estimate of drug-likeness (QED) is 0.725. The van der Waals surface area contributed by atoms with Gasteiger partial charge in [0, 0.05) is 5.41 Å². The van der Waals surface area contributed by atoms with E-state index in [1.54, 1.807) is 0 Å². The Kier molecular flexibility index (Phi) is 7.27. The smallest absolute Gasteiger partial charge is 0.0717 e. The molecule has 3 heteroatoms. The van der Waals surface area contributed by atoms with Crippen LogP contribution in [0.5, 0.6) is 0 Å². The van der Waals surface area contributed by atoms with Gasteiger partial charge >= 0.3 is 0 Å². The lowest BCUT2D eigenvalue weighted by Crippen LogP contribution is -2.35. The van der Waals surface area contributed by atoms with Crippen LogP contribution in [0.3, 0.4) is 0 Å². The topological polar surface area (TPSA) is 38.7 Å². The van der Waals surface area contributed by atoms with Gasteiger partial charge in [0.05, 0.1) is 33.0 Å². The van der Waals surface area contributed by atoms with Crippen molar-refractivity contribution >= 4 is 0 Å². The number of rotatable bonds is 10. The first-order chi connectivity index (χ1) is 11.3. The maximum atomic E-state index is 9.81. The Morgan fingerprint density at radius 1 is 0.783 bits per heavy atom. The van der Waals surface area contributed by atoms with Gasteiger partial charge in [0.1, 0.15) is 0 Å². The van der Waals surface area contributed by atoms with E-state index in [2.05, 4.69) is 6.92 Å². The fraction of sp³-hybridized carbons (Fsp3) is 0.400. The fourth-order valence-electron chi connectivity index (χ4n) is 2.37. The highest BCUT2D eigenvalue weighted by Gasteiger charge is 2.28. The molecule has 0 unspecified atom stereocenters. The first kappa shape index (κ1) is 17.7. The van der Waals surface area contributed by atoms with E-state index in [9.17, 15) is 5.11 Å². The highest BCUT2D eigenvalue weighted by molar-refractivity contribution is 5.14. The van der Waals surface area contributed by atoms with Gasteiger partial charge in [0.15, 0.2) is 0 Å². The van der Waals surface area contributed by atoms with Crippen molar-refractivity contribution in [1.29, 1.82) is 0 Å². The highest BCUT2D eigenvalue weighted by atomic mass is 16.5. The third-order valence-electron chi connectivity index (χ3n) is 4.13. The minimum absolute atomic E-state index is 0.0626. The molecule has 0 radical (unpaired) electrons. The number of hydrogen-bond acceptors (Lipinski definition) is 3. The first-order valence-electron chi connectivity index (χ1n) is 8.12. The number of hydrogen-bond donors (Lipinski definition) is 1. The maximum Gasteiger partial charge on any atom is 0.0717 e. The molecular weight excluding hydrogens is 288 g/mol. The second kappa shape index (κ2) is 9.46. The molecule has 23 heavy (non-hydrogen) atoms. The Balaban J connectivity index is 1.80. The van der Waals surface area contributed by atoms with Gasteiger partial charge < -0.3 is 14.6 Å². The molecule has 0 spiro atoms. The molecule has 0 fully saturated rings. The van der Waals surface area contributed by atoms with E-state index in [1.165, 1.54) is 0 Å². The van der Waals surface area contributed by atoms with E-state index in [-0.39, 0.29) is 12.0 Å². The average Bonchev–Trinajstić information content (AvgIpc) is 2.62. The average molecular weight is 314 g/mol. The van der Waals surface area contributed by atoms with E-state index in [4.69, 9.17) is 9.47 Å². The molecule has 0 aliphatic rings. The Morgan fingerprint density at radius 2 is 1.22 bits per heavy atom. The van der Waals surface area contributed by atoms with Gasteiger partial charge in [-0.05, 0) is 17.5 Å². The van der Waals surface area contributed by atoms with Crippen molar-refractivity contribution in [1.82, 2.24) is 0 Å².